The molecule has 0 aliphatic carbocycles. The van der Waals surface area contributed by atoms with Crippen LogP contribution in [-0.2, 0) is 4.79 Å². The van der Waals surface area contributed by atoms with Gasteiger partial charge in [-0.05, 0) is 78.9 Å². The van der Waals surface area contributed by atoms with Crippen LogP contribution in [0, 0.1) is 13.8 Å². The van der Waals surface area contributed by atoms with E-state index in [0.29, 0.717) is 10.1 Å². The van der Waals surface area contributed by atoms with Gasteiger partial charge >= 0.3 is 0 Å². The van der Waals surface area contributed by atoms with Gasteiger partial charge in [0, 0.05) is 4.90 Å². The van der Waals surface area contributed by atoms with Crippen molar-refractivity contribution in [2.75, 3.05) is 11.2 Å². The minimum atomic E-state index is -0.0458. The Balaban J connectivity index is 1.79. The second-order valence-corrected chi connectivity index (χ2v) is 8.88. The Labute approximate surface area is 185 Å². The van der Waals surface area contributed by atoms with Crippen molar-refractivity contribution in [3.63, 3.8) is 0 Å². The third-order valence-electron chi connectivity index (χ3n) is 4.91. The lowest BCUT2D eigenvalue weighted by Gasteiger charge is -2.18. The summed E-state index contributed by atoms with van der Waals surface area (Å²) in [6, 6.07) is 24.1. The number of hydrogen-bond acceptors (Lipinski definition) is 4. The average molecular weight is 431 g/mol. The van der Waals surface area contributed by atoms with E-state index in [9.17, 15) is 4.79 Å². The van der Waals surface area contributed by atoms with Crippen molar-refractivity contribution in [3.8, 4) is 0 Å². The van der Waals surface area contributed by atoms with Crippen LogP contribution in [0.4, 0.5) is 11.4 Å². The molecule has 0 unspecified atom stereocenters. The van der Waals surface area contributed by atoms with Gasteiger partial charge < -0.3 is 0 Å². The molecular formula is C25H22N2OS2. The Hall–Kier alpha value is -2.76. The number of amides is 1. The minimum Gasteiger partial charge on any atom is -0.268 e. The molecule has 0 atom stereocenters. The van der Waals surface area contributed by atoms with Gasteiger partial charge in [-0.3, -0.25) is 9.69 Å². The maximum atomic E-state index is 13.4. The maximum Gasteiger partial charge on any atom is 0.271 e. The van der Waals surface area contributed by atoms with E-state index < -0.39 is 0 Å². The number of thioether (sulfide) groups is 2. The first kappa shape index (κ1) is 20.5. The molecule has 150 valence electrons. The van der Waals surface area contributed by atoms with Crippen LogP contribution in [0.1, 0.15) is 16.7 Å². The molecule has 1 fully saturated rings. The first-order valence-electron chi connectivity index (χ1n) is 9.65. The number of nitrogens with zero attached hydrogens (tertiary/aromatic N) is 2. The van der Waals surface area contributed by atoms with E-state index in [0.717, 1.165) is 28.1 Å². The second kappa shape index (κ2) is 8.94. The Morgan fingerprint density at radius 2 is 1.57 bits per heavy atom. The molecule has 3 aromatic rings. The van der Waals surface area contributed by atoms with Crippen molar-refractivity contribution in [2.24, 2.45) is 4.99 Å². The molecule has 3 nitrogen and oxygen atoms in total. The van der Waals surface area contributed by atoms with Gasteiger partial charge in [0.15, 0.2) is 5.17 Å². The summed E-state index contributed by atoms with van der Waals surface area (Å²) >= 11 is 3.12. The number of para-hydroxylation sites is 2. The van der Waals surface area contributed by atoms with Gasteiger partial charge in [0.25, 0.3) is 5.91 Å². The Bertz CT molecular complexity index is 1150. The third-order valence-corrected chi connectivity index (χ3v) is 6.62. The van der Waals surface area contributed by atoms with Gasteiger partial charge in [-0.2, -0.15) is 0 Å². The number of amidine groups is 1. The van der Waals surface area contributed by atoms with Crippen LogP contribution in [0.2, 0.25) is 0 Å². The molecule has 3 aromatic carbocycles. The zero-order valence-corrected chi connectivity index (χ0v) is 18.8. The molecule has 0 bridgehead atoms. The number of carbonyl (C=O) groups excluding carboxylic acids is 1. The number of carbonyl (C=O) groups is 1. The molecule has 0 saturated carbocycles. The van der Waals surface area contributed by atoms with Gasteiger partial charge in [0.1, 0.15) is 0 Å². The monoisotopic (exact) mass is 430 g/mol. The lowest BCUT2D eigenvalue weighted by atomic mass is 10.1. The quantitative estimate of drug-likeness (QED) is 0.336. The molecule has 1 heterocycles. The van der Waals surface area contributed by atoms with Gasteiger partial charge in [-0.25, -0.2) is 4.99 Å². The largest absolute Gasteiger partial charge is 0.271 e. The summed E-state index contributed by atoms with van der Waals surface area (Å²) < 4.78 is 0. The number of rotatable bonds is 4. The number of benzene rings is 3. The number of hydrogen-bond donors (Lipinski definition) is 0. The van der Waals surface area contributed by atoms with Crippen LogP contribution in [-0.4, -0.2) is 17.3 Å². The average Bonchev–Trinajstić information content (AvgIpc) is 3.05. The summed E-state index contributed by atoms with van der Waals surface area (Å²) in [7, 11) is 0. The van der Waals surface area contributed by atoms with Gasteiger partial charge in [0.2, 0.25) is 0 Å². The fourth-order valence-corrected chi connectivity index (χ4v) is 4.61. The highest BCUT2D eigenvalue weighted by atomic mass is 32.2. The lowest BCUT2D eigenvalue weighted by molar-refractivity contribution is -0.113. The van der Waals surface area contributed by atoms with Crippen molar-refractivity contribution in [3.05, 3.63) is 94.4 Å². The minimum absolute atomic E-state index is 0.0458. The normalized spacial score (nSPS) is 16.6. The molecule has 0 radical (unpaired) electrons. The fourth-order valence-electron chi connectivity index (χ4n) is 3.22. The van der Waals surface area contributed by atoms with Crippen molar-refractivity contribution in [1.29, 1.82) is 0 Å². The molecule has 0 N–H and O–H groups in total. The van der Waals surface area contributed by atoms with E-state index in [1.165, 1.54) is 16.7 Å². The highest BCUT2D eigenvalue weighted by Crippen LogP contribution is 2.38. The first-order chi connectivity index (χ1) is 14.6. The van der Waals surface area contributed by atoms with E-state index in [-0.39, 0.29) is 5.91 Å². The highest BCUT2D eigenvalue weighted by molar-refractivity contribution is 8.19. The molecule has 1 saturated heterocycles. The standard InChI is InChI=1S/C25H22N2OS2/c1-17-8-4-6-10-21(17)26-25-27(22-11-7-5-9-18(22)2)24(28)23(30-25)16-19-12-14-20(29-3)15-13-19/h4-16H,1-3H3. The van der Waals surface area contributed by atoms with Crippen LogP contribution in [0.5, 0.6) is 0 Å². The number of aliphatic imine (C=N–C) groups is 1. The van der Waals surface area contributed by atoms with Crippen LogP contribution >= 0.6 is 23.5 Å². The molecular weight excluding hydrogens is 408 g/mol. The summed E-state index contributed by atoms with van der Waals surface area (Å²) in [4.78, 5) is 21.9. The zero-order chi connectivity index (χ0) is 21.1. The summed E-state index contributed by atoms with van der Waals surface area (Å²) in [5.74, 6) is -0.0458. The van der Waals surface area contributed by atoms with Gasteiger partial charge in [-0.1, -0.05) is 48.5 Å². The molecule has 0 spiro atoms. The Kier molecular flexibility index (Phi) is 6.11. The molecule has 4 rings (SSSR count). The summed E-state index contributed by atoms with van der Waals surface area (Å²) in [6.07, 6.45) is 4.00. The van der Waals surface area contributed by atoms with Crippen molar-refractivity contribution < 1.29 is 4.79 Å². The summed E-state index contributed by atoms with van der Waals surface area (Å²) in [6.45, 7) is 4.05. The molecule has 1 aliphatic heterocycles. The van der Waals surface area contributed by atoms with E-state index in [1.54, 1.807) is 16.7 Å². The molecule has 5 heteroatoms. The Morgan fingerprint density at radius 3 is 2.23 bits per heavy atom. The van der Waals surface area contributed by atoms with Crippen LogP contribution in [0.25, 0.3) is 6.08 Å². The summed E-state index contributed by atoms with van der Waals surface area (Å²) in [5, 5.41) is 0.676. The molecule has 1 amide bonds. The van der Waals surface area contributed by atoms with Crippen LogP contribution in [0.15, 0.2) is 87.6 Å². The smallest absolute Gasteiger partial charge is 0.268 e. The first-order valence-corrected chi connectivity index (χ1v) is 11.7. The highest BCUT2D eigenvalue weighted by Gasteiger charge is 2.35. The van der Waals surface area contributed by atoms with Crippen LogP contribution in [0.3, 0.4) is 0 Å². The predicted molar refractivity (Wildman–Crippen MR) is 131 cm³/mol. The number of anilines is 1. The third kappa shape index (κ3) is 4.23. The van der Waals surface area contributed by atoms with Gasteiger partial charge in [0.05, 0.1) is 16.3 Å². The lowest BCUT2D eigenvalue weighted by Crippen LogP contribution is -2.29. The van der Waals surface area contributed by atoms with E-state index in [1.807, 2.05) is 80.6 Å². The fraction of sp³-hybridized carbons (Fsp3) is 0.120. The van der Waals surface area contributed by atoms with Crippen molar-refractivity contribution >= 4 is 52.0 Å². The topological polar surface area (TPSA) is 32.7 Å². The molecule has 1 aliphatic rings. The maximum absolute atomic E-state index is 13.4. The predicted octanol–water partition coefficient (Wildman–Crippen LogP) is 6.83. The molecule has 0 aromatic heterocycles. The second-order valence-electron chi connectivity index (χ2n) is 6.99. The molecule has 30 heavy (non-hydrogen) atoms. The van der Waals surface area contributed by atoms with Crippen LogP contribution < -0.4 is 4.90 Å². The SMILES string of the molecule is CSc1ccc(C=C2SC(=Nc3ccccc3C)N(c3ccccc3C)C2=O)cc1. The van der Waals surface area contributed by atoms with E-state index >= 15 is 0 Å². The number of aryl methyl sites for hydroxylation is 2. The van der Waals surface area contributed by atoms with E-state index in [2.05, 4.69) is 18.4 Å². The Morgan fingerprint density at radius 1 is 0.900 bits per heavy atom. The van der Waals surface area contributed by atoms with Gasteiger partial charge in [-0.15, -0.1) is 11.8 Å². The summed E-state index contributed by atoms with van der Waals surface area (Å²) in [5.41, 5.74) is 4.85. The van der Waals surface area contributed by atoms with E-state index in [4.69, 9.17) is 4.99 Å². The van der Waals surface area contributed by atoms with Crippen molar-refractivity contribution in [1.82, 2.24) is 0 Å². The zero-order valence-electron chi connectivity index (χ0n) is 17.1. The van der Waals surface area contributed by atoms with Crippen molar-refractivity contribution in [2.45, 2.75) is 18.7 Å².